The summed E-state index contributed by atoms with van der Waals surface area (Å²) in [6, 6.07) is 14.1. The molecule has 5 heteroatoms. The predicted molar refractivity (Wildman–Crippen MR) is 93.3 cm³/mol. The smallest absolute Gasteiger partial charge is 0.238 e. The standard InChI is InChI=1S/C19H22N4O/c1-22-12-2-4-17(22)18-5-3-13-23(18)14-19(24)21-16-8-6-15(7-9-16)10-11-20/h2,4,6-9,12,18H,3,5,10,13-14H2,1H3,(H,21,24)/t18-/m1/s1. The molecular formula is C19H22N4O. The molecule has 0 radical (unpaired) electrons. The second kappa shape index (κ2) is 7.33. The molecule has 0 unspecified atom stereocenters. The Kier molecular flexibility index (Phi) is 4.97. The van der Waals surface area contributed by atoms with Gasteiger partial charge in [0.25, 0.3) is 0 Å². The first-order chi connectivity index (χ1) is 11.7. The van der Waals surface area contributed by atoms with E-state index >= 15 is 0 Å². The highest BCUT2D eigenvalue weighted by Gasteiger charge is 2.28. The van der Waals surface area contributed by atoms with E-state index in [-0.39, 0.29) is 5.91 Å². The Bertz CT molecular complexity index is 741. The molecule has 1 aromatic carbocycles. The van der Waals surface area contributed by atoms with Gasteiger partial charge in [0, 0.05) is 24.6 Å². The lowest BCUT2D eigenvalue weighted by molar-refractivity contribution is -0.117. The molecule has 1 saturated heterocycles. The highest BCUT2D eigenvalue weighted by Crippen LogP contribution is 2.31. The van der Waals surface area contributed by atoms with Gasteiger partial charge in [-0.25, -0.2) is 0 Å². The zero-order chi connectivity index (χ0) is 16.9. The first-order valence-corrected chi connectivity index (χ1v) is 8.28. The average Bonchev–Trinajstić information content (AvgIpc) is 3.18. The molecule has 1 aliphatic rings. The summed E-state index contributed by atoms with van der Waals surface area (Å²) in [6.07, 6.45) is 4.65. The fourth-order valence-corrected chi connectivity index (χ4v) is 3.35. The number of aromatic nitrogens is 1. The monoisotopic (exact) mass is 322 g/mol. The molecule has 1 fully saturated rings. The molecule has 124 valence electrons. The van der Waals surface area contributed by atoms with Crippen molar-refractivity contribution in [3.05, 3.63) is 53.9 Å². The Morgan fingerprint density at radius 2 is 2.12 bits per heavy atom. The molecule has 1 aliphatic heterocycles. The van der Waals surface area contributed by atoms with Crippen LogP contribution in [0, 0.1) is 11.3 Å². The second-order valence-corrected chi connectivity index (χ2v) is 6.25. The average molecular weight is 322 g/mol. The third-order valence-corrected chi connectivity index (χ3v) is 4.56. The van der Waals surface area contributed by atoms with Crippen molar-refractivity contribution >= 4 is 11.6 Å². The summed E-state index contributed by atoms with van der Waals surface area (Å²) in [5.74, 6) is 0.00384. The number of nitrogens with one attached hydrogen (secondary N) is 1. The number of hydrogen-bond donors (Lipinski definition) is 1. The minimum absolute atomic E-state index is 0.00384. The third-order valence-electron chi connectivity index (χ3n) is 4.56. The van der Waals surface area contributed by atoms with Crippen LogP contribution in [-0.2, 0) is 18.3 Å². The van der Waals surface area contributed by atoms with Crippen LogP contribution >= 0.6 is 0 Å². The number of amides is 1. The fraction of sp³-hybridized carbons (Fsp3) is 0.368. The molecule has 0 aliphatic carbocycles. The molecule has 1 aromatic heterocycles. The molecule has 1 N–H and O–H groups in total. The van der Waals surface area contributed by atoms with E-state index < -0.39 is 0 Å². The van der Waals surface area contributed by atoms with E-state index in [0.717, 1.165) is 30.6 Å². The molecule has 5 nitrogen and oxygen atoms in total. The number of carbonyl (C=O) groups is 1. The van der Waals surface area contributed by atoms with Crippen LogP contribution < -0.4 is 5.32 Å². The Balaban J connectivity index is 1.60. The molecule has 24 heavy (non-hydrogen) atoms. The third kappa shape index (κ3) is 3.66. The number of rotatable bonds is 5. The van der Waals surface area contributed by atoms with Crippen molar-refractivity contribution < 1.29 is 4.79 Å². The number of aryl methyl sites for hydroxylation is 1. The van der Waals surface area contributed by atoms with E-state index in [1.165, 1.54) is 5.69 Å². The molecule has 2 aromatic rings. The Morgan fingerprint density at radius 3 is 2.79 bits per heavy atom. The number of carbonyl (C=O) groups excluding carboxylic acids is 1. The van der Waals surface area contributed by atoms with Gasteiger partial charge in [0.2, 0.25) is 5.91 Å². The highest BCUT2D eigenvalue weighted by atomic mass is 16.2. The minimum Gasteiger partial charge on any atom is -0.353 e. The summed E-state index contributed by atoms with van der Waals surface area (Å²) in [6.45, 7) is 1.35. The van der Waals surface area contributed by atoms with Crippen molar-refractivity contribution in [3.8, 4) is 6.07 Å². The minimum atomic E-state index is 0.00384. The second-order valence-electron chi connectivity index (χ2n) is 6.25. The van der Waals surface area contributed by atoms with Crippen LogP contribution in [-0.4, -0.2) is 28.5 Å². The molecule has 1 amide bonds. The first kappa shape index (κ1) is 16.3. The maximum Gasteiger partial charge on any atom is 0.238 e. The van der Waals surface area contributed by atoms with Gasteiger partial charge in [0.05, 0.1) is 25.1 Å². The number of anilines is 1. The van der Waals surface area contributed by atoms with Gasteiger partial charge in [-0.2, -0.15) is 5.26 Å². The zero-order valence-corrected chi connectivity index (χ0v) is 13.9. The molecule has 0 saturated carbocycles. The fourth-order valence-electron chi connectivity index (χ4n) is 3.35. The summed E-state index contributed by atoms with van der Waals surface area (Å²) in [4.78, 5) is 14.6. The molecule has 0 bridgehead atoms. The number of nitriles is 1. The quantitative estimate of drug-likeness (QED) is 0.921. The van der Waals surface area contributed by atoms with Gasteiger partial charge in [0.1, 0.15) is 0 Å². The van der Waals surface area contributed by atoms with Crippen molar-refractivity contribution in [2.45, 2.75) is 25.3 Å². The van der Waals surface area contributed by atoms with E-state index in [9.17, 15) is 4.79 Å². The SMILES string of the molecule is Cn1cccc1[C@H]1CCCN1CC(=O)Nc1ccc(CC#N)cc1. The molecule has 2 heterocycles. The summed E-state index contributed by atoms with van der Waals surface area (Å²) >= 11 is 0. The van der Waals surface area contributed by atoms with E-state index in [2.05, 4.69) is 46.2 Å². The van der Waals surface area contributed by atoms with Crippen LogP contribution in [0.15, 0.2) is 42.6 Å². The van der Waals surface area contributed by atoms with Crippen LogP contribution in [0.1, 0.15) is 30.1 Å². The number of benzene rings is 1. The van der Waals surface area contributed by atoms with Crippen molar-refractivity contribution in [2.75, 3.05) is 18.4 Å². The largest absolute Gasteiger partial charge is 0.353 e. The van der Waals surface area contributed by atoms with E-state index in [1.54, 1.807) is 0 Å². The Hall–Kier alpha value is -2.58. The van der Waals surface area contributed by atoms with Crippen LogP contribution in [0.2, 0.25) is 0 Å². The lowest BCUT2D eigenvalue weighted by Gasteiger charge is -2.24. The van der Waals surface area contributed by atoms with Crippen LogP contribution in [0.3, 0.4) is 0 Å². The number of hydrogen-bond acceptors (Lipinski definition) is 3. The van der Waals surface area contributed by atoms with Crippen LogP contribution in [0.4, 0.5) is 5.69 Å². The topological polar surface area (TPSA) is 61.1 Å². The first-order valence-electron chi connectivity index (χ1n) is 8.28. The van der Waals surface area contributed by atoms with E-state index in [1.807, 2.05) is 24.3 Å². The number of nitrogens with zero attached hydrogens (tertiary/aromatic N) is 3. The van der Waals surface area contributed by atoms with Crippen molar-refractivity contribution in [1.29, 1.82) is 5.26 Å². The summed E-state index contributed by atoms with van der Waals surface area (Å²) in [5, 5.41) is 11.6. The van der Waals surface area contributed by atoms with Gasteiger partial charge in [-0.05, 0) is 49.2 Å². The van der Waals surface area contributed by atoms with E-state index in [4.69, 9.17) is 5.26 Å². The van der Waals surface area contributed by atoms with Gasteiger partial charge >= 0.3 is 0 Å². The molecule has 0 spiro atoms. The van der Waals surface area contributed by atoms with Gasteiger partial charge in [-0.1, -0.05) is 12.1 Å². The van der Waals surface area contributed by atoms with Crippen molar-refractivity contribution in [1.82, 2.24) is 9.47 Å². The van der Waals surface area contributed by atoms with Gasteiger partial charge in [-0.3, -0.25) is 9.69 Å². The predicted octanol–water partition coefficient (Wildman–Crippen LogP) is 2.87. The molecule has 1 atom stereocenters. The summed E-state index contributed by atoms with van der Waals surface area (Å²) in [5.41, 5.74) is 3.00. The highest BCUT2D eigenvalue weighted by molar-refractivity contribution is 5.92. The number of likely N-dealkylation sites (tertiary alicyclic amines) is 1. The molecular weight excluding hydrogens is 300 g/mol. The Morgan fingerprint density at radius 1 is 1.33 bits per heavy atom. The lowest BCUT2D eigenvalue weighted by atomic mass is 10.1. The Labute approximate surface area is 142 Å². The normalized spacial score (nSPS) is 17.6. The zero-order valence-electron chi connectivity index (χ0n) is 13.9. The maximum absolute atomic E-state index is 12.4. The summed E-state index contributed by atoms with van der Waals surface area (Å²) < 4.78 is 2.13. The van der Waals surface area contributed by atoms with Gasteiger partial charge < -0.3 is 9.88 Å². The summed E-state index contributed by atoms with van der Waals surface area (Å²) in [7, 11) is 2.05. The van der Waals surface area contributed by atoms with Crippen LogP contribution in [0.25, 0.3) is 0 Å². The van der Waals surface area contributed by atoms with Crippen molar-refractivity contribution in [2.24, 2.45) is 7.05 Å². The lowest BCUT2D eigenvalue weighted by Crippen LogP contribution is -2.33. The van der Waals surface area contributed by atoms with E-state index in [0.29, 0.717) is 19.0 Å². The van der Waals surface area contributed by atoms with Crippen molar-refractivity contribution in [3.63, 3.8) is 0 Å². The molecule has 3 rings (SSSR count). The maximum atomic E-state index is 12.4. The van der Waals surface area contributed by atoms with Crippen LogP contribution in [0.5, 0.6) is 0 Å². The van der Waals surface area contributed by atoms with Gasteiger partial charge in [-0.15, -0.1) is 0 Å². The van der Waals surface area contributed by atoms with Gasteiger partial charge in [0.15, 0.2) is 0 Å².